The van der Waals surface area contributed by atoms with Crippen LogP contribution in [0.15, 0.2) is 63.6 Å². The van der Waals surface area contributed by atoms with Crippen molar-refractivity contribution in [2.45, 2.75) is 0 Å². The number of hydrogen-bond acceptors (Lipinski definition) is 4. The number of pyridine rings is 1. The summed E-state index contributed by atoms with van der Waals surface area (Å²) in [5, 5.41) is 2.96. The van der Waals surface area contributed by atoms with Gasteiger partial charge in [-0.05, 0) is 87.1 Å². The summed E-state index contributed by atoms with van der Waals surface area (Å²) in [4.78, 5) is 20.9. The maximum atomic E-state index is 12.4. The van der Waals surface area contributed by atoms with Crippen LogP contribution in [0.5, 0.6) is 0 Å². The molecular weight excluding hydrogens is 544 g/mol. The molecule has 2 aromatic heterocycles. The highest BCUT2D eigenvalue weighted by Crippen LogP contribution is 2.32. The Morgan fingerprint density at radius 1 is 1.19 bits per heavy atom. The number of benzene rings is 2. The first-order chi connectivity index (χ1) is 13.0. The van der Waals surface area contributed by atoms with Crippen LogP contribution in [0.3, 0.4) is 0 Å². The maximum Gasteiger partial charge on any atom is 0.258 e. The van der Waals surface area contributed by atoms with Gasteiger partial charge in [-0.3, -0.25) is 4.79 Å². The quantitative estimate of drug-likeness (QED) is 0.243. The second kappa shape index (κ2) is 7.57. The number of halogens is 3. The lowest BCUT2D eigenvalue weighted by Crippen LogP contribution is -2.12. The highest BCUT2D eigenvalue weighted by atomic mass is 127. The molecule has 0 unspecified atom stereocenters. The molecule has 0 saturated heterocycles. The van der Waals surface area contributed by atoms with Crippen LogP contribution in [-0.2, 0) is 0 Å². The van der Waals surface area contributed by atoms with E-state index in [1.165, 1.54) is 6.20 Å². The number of nitrogens with one attached hydrogen (secondary N) is 1. The predicted octanol–water partition coefficient (Wildman–Crippen LogP) is 6.16. The maximum absolute atomic E-state index is 12.4. The van der Waals surface area contributed by atoms with Gasteiger partial charge in [-0.1, -0.05) is 11.6 Å². The molecule has 4 rings (SSSR count). The van der Waals surface area contributed by atoms with Crippen molar-refractivity contribution in [1.29, 1.82) is 0 Å². The Balaban J connectivity index is 1.66. The summed E-state index contributed by atoms with van der Waals surface area (Å²) in [5.41, 5.74) is 3.04. The predicted molar refractivity (Wildman–Crippen MR) is 117 cm³/mol. The third-order valence-electron chi connectivity index (χ3n) is 3.81. The van der Waals surface area contributed by atoms with Crippen molar-refractivity contribution in [2.75, 3.05) is 5.32 Å². The Hall–Kier alpha value is -1.97. The number of rotatable bonds is 3. The summed E-state index contributed by atoms with van der Waals surface area (Å²) in [6, 6.07) is 14.5. The van der Waals surface area contributed by atoms with Gasteiger partial charge in [0.05, 0.1) is 11.1 Å². The Morgan fingerprint density at radius 3 is 2.85 bits per heavy atom. The van der Waals surface area contributed by atoms with Crippen molar-refractivity contribution in [1.82, 2.24) is 9.97 Å². The van der Waals surface area contributed by atoms with E-state index in [1.54, 1.807) is 30.3 Å². The number of carbonyl (C=O) groups is 1. The molecule has 2 heterocycles. The molecule has 0 aliphatic rings. The number of fused-ring (bicyclic) bond motifs is 1. The smallest absolute Gasteiger partial charge is 0.258 e. The Kier molecular flexibility index (Phi) is 5.16. The molecule has 0 aliphatic carbocycles. The van der Waals surface area contributed by atoms with Gasteiger partial charge in [0.1, 0.15) is 10.7 Å². The fourth-order valence-corrected chi connectivity index (χ4v) is 3.65. The van der Waals surface area contributed by atoms with E-state index in [4.69, 9.17) is 16.0 Å². The van der Waals surface area contributed by atoms with Gasteiger partial charge in [-0.15, -0.1) is 0 Å². The number of carbonyl (C=O) groups excluding carboxylic acids is 1. The zero-order valence-electron chi connectivity index (χ0n) is 13.5. The fraction of sp³-hybridized carbons (Fsp3) is 0. The van der Waals surface area contributed by atoms with Gasteiger partial charge >= 0.3 is 0 Å². The van der Waals surface area contributed by atoms with Crippen molar-refractivity contribution in [3.05, 3.63) is 73.5 Å². The van der Waals surface area contributed by atoms with E-state index in [9.17, 15) is 4.79 Å². The number of anilines is 1. The van der Waals surface area contributed by atoms with Crippen LogP contribution in [-0.4, -0.2) is 15.9 Å². The highest BCUT2D eigenvalue weighted by Gasteiger charge is 2.14. The third-order valence-corrected chi connectivity index (χ3v) is 5.47. The monoisotopic (exact) mass is 553 g/mol. The number of amides is 1. The molecule has 0 atom stereocenters. The molecule has 134 valence electrons. The van der Waals surface area contributed by atoms with Gasteiger partial charge in [0.2, 0.25) is 5.89 Å². The number of nitrogens with zero attached hydrogens (tertiary/aromatic N) is 2. The highest BCUT2D eigenvalue weighted by molar-refractivity contribution is 14.1. The third kappa shape index (κ3) is 3.85. The van der Waals surface area contributed by atoms with Crippen LogP contribution in [0.4, 0.5) is 5.69 Å². The van der Waals surface area contributed by atoms with Crippen molar-refractivity contribution < 1.29 is 9.21 Å². The van der Waals surface area contributed by atoms with E-state index in [1.807, 2.05) is 18.2 Å². The molecule has 0 saturated carbocycles. The first-order valence-electron chi connectivity index (χ1n) is 7.79. The van der Waals surface area contributed by atoms with E-state index in [0.29, 0.717) is 28.2 Å². The minimum absolute atomic E-state index is 0.156. The van der Waals surface area contributed by atoms with E-state index in [2.05, 4.69) is 53.8 Å². The number of aromatic nitrogens is 2. The van der Waals surface area contributed by atoms with Crippen LogP contribution in [0, 0.1) is 3.57 Å². The Bertz CT molecular complexity index is 1180. The van der Waals surface area contributed by atoms with Crippen molar-refractivity contribution in [2.24, 2.45) is 0 Å². The summed E-state index contributed by atoms with van der Waals surface area (Å²) in [5.74, 6) is 0.172. The molecule has 0 radical (unpaired) electrons. The van der Waals surface area contributed by atoms with E-state index in [-0.39, 0.29) is 11.1 Å². The lowest BCUT2D eigenvalue weighted by molar-refractivity contribution is 0.102. The minimum Gasteiger partial charge on any atom is -0.436 e. The molecule has 27 heavy (non-hydrogen) atoms. The largest absolute Gasteiger partial charge is 0.436 e. The molecule has 2 aromatic carbocycles. The summed E-state index contributed by atoms with van der Waals surface area (Å²) in [7, 11) is 0. The molecule has 5 nitrogen and oxygen atoms in total. The van der Waals surface area contributed by atoms with Gasteiger partial charge in [-0.2, -0.15) is 0 Å². The number of oxazole rings is 1. The van der Waals surface area contributed by atoms with E-state index < -0.39 is 0 Å². The molecule has 8 heteroatoms. The SMILES string of the molecule is O=C(Nc1ccc2oc(-c3cc(I)ccc3Br)nc2c1)c1cccnc1Cl. The summed E-state index contributed by atoms with van der Waals surface area (Å²) in [6.45, 7) is 0. The first kappa shape index (κ1) is 18.4. The van der Waals surface area contributed by atoms with E-state index >= 15 is 0 Å². The van der Waals surface area contributed by atoms with Gasteiger partial charge in [0.15, 0.2) is 5.58 Å². The number of hydrogen-bond donors (Lipinski definition) is 1. The Morgan fingerprint density at radius 2 is 2.04 bits per heavy atom. The fourth-order valence-electron chi connectivity index (χ4n) is 2.54. The minimum atomic E-state index is -0.337. The van der Waals surface area contributed by atoms with Crippen LogP contribution >= 0.6 is 50.1 Å². The summed E-state index contributed by atoms with van der Waals surface area (Å²) >= 11 is 11.7. The summed E-state index contributed by atoms with van der Waals surface area (Å²) < 4.78 is 7.84. The van der Waals surface area contributed by atoms with Crippen molar-refractivity contribution in [3.63, 3.8) is 0 Å². The normalized spacial score (nSPS) is 10.9. The summed E-state index contributed by atoms with van der Waals surface area (Å²) in [6.07, 6.45) is 1.53. The molecule has 0 fully saturated rings. The molecule has 0 spiro atoms. The molecule has 1 amide bonds. The van der Waals surface area contributed by atoms with Gasteiger partial charge in [-0.25, -0.2) is 9.97 Å². The molecular formula is C19H10BrClIN3O2. The average Bonchev–Trinajstić information content (AvgIpc) is 3.07. The molecule has 0 aliphatic heterocycles. The van der Waals surface area contributed by atoms with Gasteiger partial charge in [0.25, 0.3) is 5.91 Å². The van der Waals surface area contributed by atoms with Crippen molar-refractivity contribution >= 4 is 72.8 Å². The standard InChI is InChI=1S/C19H10BrClIN3O2/c20-14-5-3-10(22)8-13(14)19-25-15-9-11(4-6-16(15)27-19)24-18(26)12-2-1-7-23-17(12)21/h1-9H,(H,24,26). The molecule has 0 bridgehead atoms. The second-order valence-electron chi connectivity index (χ2n) is 5.62. The lowest BCUT2D eigenvalue weighted by atomic mass is 10.2. The first-order valence-corrected chi connectivity index (χ1v) is 10.0. The lowest BCUT2D eigenvalue weighted by Gasteiger charge is -2.05. The zero-order valence-corrected chi connectivity index (χ0v) is 18.0. The molecule has 1 N–H and O–H groups in total. The zero-order chi connectivity index (χ0) is 19.0. The average molecular weight is 555 g/mol. The Labute approximate surface area is 181 Å². The van der Waals surface area contributed by atoms with Crippen molar-refractivity contribution in [3.8, 4) is 11.5 Å². The van der Waals surface area contributed by atoms with Crippen LogP contribution in [0.1, 0.15) is 10.4 Å². The van der Waals surface area contributed by atoms with Crippen LogP contribution in [0.25, 0.3) is 22.6 Å². The van der Waals surface area contributed by atoms with E-state index in [0.717, 1.165) is 13.6 Å². The van der Waals surface area contributed by atoms with Crippen LogP contribution in [0.2, 0.25) is 5.15 Å². The van der Waals surface area contributed by atoms with Gasteiger partial charge in [0, 0.05) is 19.9 Å². The van der Waals surface area contributed by atoms with Crippen LogP contribution < -0.4 is 5.32 Å². The van der Waals surface area contributed by atoms with Gasteiger partial charge < -0.3 is 9.73 Å². The second-order valence-corrected chi connectivity index (χ2v) is 8.08. The topological polar surface area (TPSA) is 68.0 Å². The molecule has 4 aromatic rings.